The second kappa shape index (κ2) is 20.8. The third-order valence-electron chi connectivity index (χ3n) is 15.3. The average molecular weight is 1140 g/mol. The minimum Gasteiger partial charge on any atom is -0.398 e. The molecule has 0 radical (unpaired) electrons. The molecule has 16 rings (SSSR count). The number of nitrogens with two attached hydrogens (primary N) is 1. The third kappa shape index (κ3) is 8.67. The summed E-state index contributed by atoms with van der Waals surface area (Å²) in [5.74, 6) is 0. The largest absolute Gasteiger partial charge is 0.398 e. The predicted octanol–water partition coefficient (Wildman–Crippen LogP) is 20.3. The topological polar surface area (TPSA) is 44.0 Å². The maximum absolute atomic E-state index is 5.76. The van der Waals surface area contributed by atoms with Crippen LogP contribution in [0, 0.1) is 3.57 Å². The molecule has 0 aliphatic carbocycles. The van der Waals surface area contributed by atoms with Crippen molar-refractivity contribution < 1.29 is 0 Å². The number of aromatic nitrogens is 3. The van der Waals surface area contributed by atoms with Gasteiger partial charge in [0.2, 0.25) is 0 Å². The molecule has 3 heterocycles. The molecule has 0 atom stereocenters. The molecular formula is C74H52IN5. The molecule has 5 nitrogen and oxygen atoms in total. The van der Waals surface area contributed by atoms with Crippen LogP contribution in [0.4, 0.5) is 22.7 Å². The number of nitrogen functional groups attached to an aromatic ring is 1. The van der Waals surface area contributed by atoms with Crippen molar-refractivity contribution in [2.75, 3.05) is 10.6 Å². The number of rotatable bonds is 6. The normalized spacial score (nSPS) is 11.4. The Morgan fingerprint density at radius 3 is 1.06 bits per heavy atom. The molecule has 3 aromatic heterocycles. The first-order valence-corrected chi connectivity index (χ1v) is 28.1. The van der Waals surface area contributed by atoms with Crippen LogP contribution in [0.15, 0.2) is 303 Å². The Hall–Kier alpha value is -9.89. The van der Waals surface area contributed by atoms with Crippen molar-refractivity contribution in [3.05, 3.63) is 307 Å². The number of halogens is 1. The van der Waals surface area contributed by atoms with E-state index in [1.165, 1.54) is 90.8 Å². The van der Waals surface area contributed by atoms with E-state index >= 15 is 0 Å². The number of nitrogens with zero attached hydrogens (tertiary/aromatic N) is 4. The Morgan fingerprint density at radius 2 is 0.600 bits per heavy atom. The molecule has 13 aromatic carbocycles. The lowest BCUT2D eigenvalue weighted by molar-refractivity contribution is 1.18. The van der Waals surface area contributed by atoms with Gasteiger partial charge in [-0.25, -0.2) is 0 Å². The van der Waals surface area contributed by atoms with Gasteiger partial charge in [-0.15, -0.1) is 0 Å². The molecule has 380 valence electrons. The van der Waals surface area contributed by atoms with Gasteiger partial charge in [-0.1, -0.05) is 182 Å². The van der Waals surface area contributed by atoms with Crippen LogP contribution in [-0.4, -0.2) is 13.7 Å². The van der Waals surface area contributed by atoms with Crippen molar-refractivity contribution in [3.63, 3.8) is 0 Å². The fourth-order valence-electron chi connectivity index (χ4n) is 11.8. The molecule has 0 fully saturated rings. The number of para-hydroxylation sites is 6. The van der Waals surface area contributed by atoms with Gasteiger partial charge in [-0.2, -0.15) is 0 Å². The van der Waals surface area contributed by atoms with Gasteiger partial charge < -0.3 is 24.3 Å². The number of hydrogen-bond donors (Lipinski definition) is 1. The Bertz CT molecular complexity index is 4760. The maximum Gasteiger partial charge on any atom is 0.0542 e. The smallest absolute Gasteiger partial charge is 0.0542 e. The summed E-state index contributed by atoms with van der Waals surface area (Å²) in [7, 11) is 0. The van der Waals surface area contributed by atoms with Crippen molar-refractivity contribution in [2.45, 2.75) is 0 Å². The summed E-state index contributed by atoms with van der Waals surface area (Å²) < 4.78 is 8.36. The molecular weight excluding hydrogens is 1090 g/mol. The number of hydrogen-bond acceptors (Lipinski definition) is 2. The highest BCUT2D eigenvalue weighted by Gasteiger charge is 2.21. The zero-order valence-corrected chi connectivity index (χ0v) is 45.8. The van der Waals surface area contributed by atoms with Crippen molar-refractivity contribution >= 4 is 132 Å². The van der Waals surface area contributed by atoms with Gasteiger partial charge in [0, 0.05) is 80.8 Å². The first-order chi connectivity index (χ1) is 39.6. The molecule has 0 amide bonds. The molecule has 16 aromatic rings. The Balaban J connectivity index is 0.000000151. The second-order valence-corrected chi connectivity index (χ2v) is 21.3. The Labute approximate surface area is 477 Å². The van der Waals surface area contributed by atoms with E-state index in [1.807, 2.05) is 30.3 Å². The third-order valence-corrected chi connectivity index (χ3v) is 16.0. The highest BCUT2D eigenvalue weighted by Crippen LogP contribution is 2.44. The highest BCUT2D eigenvalue weighted by molar-refractivity contribution is 14.1. The minimum absolute atomic E-state index is 0.850. The van der Waals surface area contributed by atoms with E-state index in [2.05, 4.69) is 314 Å². The van der Waals surface area contributed by atoms with Crippen molar-refractivity contribution in [2.24, 2.45) is 0 Å². The lowest BCUT2D eigenvalue weighted by Crippen LogP contribution is -2.10. The van der Waals surface area contributed by atoms with Crippen molar-refractivity contribution in [1.29, 1.82) is 0 Å². The minimum atomic E-state index is 0.850. The van der Waals surface area contributed by atoms with Gasteiger partial charge in [-0.05, 0) is 155 Å². The van der Waals surface area contributed by atoms with Crippen LogP contribution in [0.3, 0.4) is 0 Å². The fourth-order valence-corrected chi connectivity index (χ4v) is 12.3. The van der Waals surface area contributed by atoms with E-state index < -0.39 is 0 Å². The summed E-state index contributed by atoms with van der Waals surface area (Å²) in [6.07, 6.45) is 0. The van der Waals surface area contributed by atoms with Gasteiger partial charge in [0.1, 0.15) is 0 Å². The zero-order chi connectivity index (χ0) is 53.5. The molecule has 80 heavy (non-hydrogen) atoms. The molecule has 0 bridgehead atoms. The van der Waals surface area contributed by atoms with E-state index in [-0.39, 0.29) is 0 Å². The van der Waals surface area contributed by atoms with Crippen LogP contribution in [0.1, 0.15) is 0 Å². The molecule has 0 spiro atoms. The molecule has 0 aliphatic rings. The maximum atomic E-state index is 5.76. The summed E-state index contributed by atoms with van der Waals surface area (Å²) in [5.41, 5.74) is 20.8. The summed E-state index contributed by atoms with van der Waals surface area (Å²) in [6.45, 7) is 0. The molecule has 6 heteroatoms. The Morgan fingerprint density at radius 1 is 0.263 bits per heavy atom. The van der Waals surface area contributed by atoms with Crippen LogP contribution in [0.25, 0.3) is 104 Å². The van der Waals surface area contributed by atoms with Crippen LogP contribution in [0.2, 0.25) is 0 Å². The van der Waals surface area contributed by atoms with Gasteiger partial charge in [0.25, 0.3) is 0 Å². The first kappa shape index (κ1) is 48.5. The number of benzene rings is 13. The Kier molecular flexibility index (Phi) is 12.6. The van der Waals surface area contributed by atoms with Crippen LogP contribution in [-0.2, 0) is 0 Å². The SMILES string of the molecule is Ic1ccc2c(c1)c1ccccc1n2-c1ccccc1.Nc1cccc2ccccc12.c1ccc(-n2c3ccccc3c3cc(N(c4ccc5c(c4)c4ccccc4n5-c4ccccc4)c4cccc5ccccc45)ccc32)cc1. The van der Waals surface area contributed by atoms with Crippen LogP contribution >= 0.6 is 22.6 Å². The number of anilines is 4. The predicted molar refractivity (Wildman–Crippen MR) is 349 cm³/mol. The summed E-state index contributed by atoms with van der Waals surface area (Å²) in [4.78, 5) is 2.43. The fraction of sp³-hybridized carbons (Fsp3) is 0. The lowest BCUT2D eigenvalue weighted by atomic mass is 10.0. The van der Waals surface area contributed by atoms with Crippen LogP contribution in [0.5, 0.6) is 0 Å². The van der Waals surface area contributed by atoms with Crippen molar-refractivity contribution in [3.8, 4) is 17.1 Å². The number of fused-ring (bicyclic) bond motifs is 11. The van der Waals surface area contributed by atoms with Gasteiger partial charge in [0.15, 0.2) is 0 Å². The van der Waals surface area contributed by atoms with Gasteiger partial charge >= 0.3 is 0 Å². The highest BCUT2D eigenvalue weighted by atomic mass is 127. The van der Waals surface area contributed by atoms with E-state index in [1.54, 1.807) is 0 Å². The standard InChI is InChI=1S/C46H31N3.C18H12IN.C10H9N/c1-3-16-33(17-4-1)48-43-23-11-9-21-38(43)40-30-35(26-28-45(40)48)47(42-25-13-15-32-14-7-8-20-37(32)42)36-27-29-46-41(31-36)39-22-10-12-24-44(39)49(46)34-18-5-2-6-19-34;19-13-10-11-18-16(12-13)15-8-4-5-9-17(15)20(18)14-6-2-1-3-7-14;11-10-7-3-5-8-4-1-2-6-9(8)10/h1-31H;1-12H;1-7H,11H2. The van der Waals surface area contributed by atoms with E-state index in [4.69, 9.17) is 5.73 Å². The average Bonchev–Trinajstić information content (AvgIpc) is 4.36. The summed E-state index contributed by atoms with van der Waals surface area (Å²) in [6, 6.07) is 108. The van der Waals surface area contributed by atoms with E-state index in [0.29, 0.717) is 0 Å². The zero-order valence-electron chi connectivity index (χ0n) is 43.6. The van der Waals surface area contributed by atoms with Crippen molar-refractivity contribution in [1.82, 2.24) is 13.7 Å². The van der Waals surface area contributed by atoms with E-state index in [9.17, 15) is 0 Å². The molecule has 0 aliphatic heterocycles. The lowest BCUT2D eigenvalue weighted by Gasteiger charge is -2.27. The molecule has 0 saturated carbocycles. The van der Waals surface area contributed by atoms with Gasteiger partial charge in [0.05, 0.1) is 38.8 Å². The summed E-state index contributed by atoms with van der Waals surface area (Å²) in [5, 5.41) is 12.3. The van der Waals surface area contributed by atoms with Crippen LogP contribution < -0.4 is 10.6 Å². The molecule has 0 saturated heterocycles. The monoisotopic (exact) mass is 1140 g/mol. The second-order valence-electron chi connectivity index (χ2n) is 20.0. The summed E-state index contributed by atoms with van der Waals surface area (Å²) >= 11 is 2.38. The quantitative estimate of drug-likeness (QED) is 0.133. The first-order valence-electron chi connectivity index (χ1n) is 27.0. The van der Waals surface area contributed by atoms with E-state index in [0.717, 1.165) is 39.5 Å². The molecule has 0 unspecified atom stereocenters. The van der Waals surface area contributed by atoms with Gasteiger partial charge in [-0.3, -0.25) is 0 Å². The molecule has 2 N–H and O–H groups in total.